The molecule has 1 aromatic carbocycles. The predicted octanol–water partition coefficient (Wildman–Crippen LogP) is 4.43. The summed E-state index contributed by atoms with van der Waals surface area (Å²) in [4.78, 5) is 4.88. The van der Waals surface area contributed by atoms with Crippen LogP contribution < -0.4 is 10.5 Å². The molecular weight excluding hydrogens is 382 g/mol. The summed E-state index contributed by atoms with van der Waals surface area (Å²) in [6, 6.07) is 5.76. The zero-order valence-corrected chi connectivity index (χ0v) is 17.8. The van der Waals surface area contributed by atoms with E-state index in [0.717, 1.165) is 11.2 Å². The lowest BCUT2D eigenvalue weighted by Crippen LogP contribution is -2.22. The van der Waals surface area contributed by atoms with E-state index in [-0.39, 0.29) is 6.54 Å². The minimum Gasteiger partial charge on any atom is -0.404 e. The van der Waals surface area contributed by atoms with Gasteiger partial charge in [-0.25, -0.2) is 0 Å². The van der Waals surface area contributed by atoms with Crippen molar-refractivity contribution in [3.8, 4) is 6.07 Å². The molecule has 0 atom stereocenters. The third-order valence-corrected chi connectivity index (χ3v) is 4.45. The first-order chi connectivity index (χ1) is 12.8. The molecule has 0 saturated carbocycles. The second kappa shape index (κ2) is 10.3. The lowest BCUT2D eigenvalue weighted by Gasteiger charge is -2.13. The van der Waals surface area contributed by atoms with Crippen molar-refractivity contribution >= 4 is 46.4 Å². The Hall–Kier alpha value is -2.14. The molecule has 1 aromatic heterocycles. The van der Waals surface area contributed by atoms with Gasteiger partial charge in [0.15, 0.2) is 0 Å². The van der Waals surface area contributed by atoms with Gasteiger partial charge in [0, 0.05) is 31.0 Å². The van der Waals surface area contributed by atoms with E-state index < -0.39 is 5.60 Å². The molecule has 0 bridgehead atoms. The number of nitrogens with two attached hydrogens (primary N) is 1. The minimum atomic E-state index is -0.868. The van der Waals surface area contributed by atoms with E-state index in [4.69, 9.17) is 17.3 Å². The molecule has 0 unspecified atom stereocenters. The Bertz CT molecular complexity index is 875. The fourth-order valence-corrected chi connectivity index (χ4v) is 3.10. The maximum atomic E-state index is 9.68. The maximum absolute atomic E-state index is 9.68. The summed E-state index contributed by atoms with van der Waals surface area (Å²) in [7, 11) is 1.86. The van der Waals surface area contributed by atoms with Gasteiger partial charge in [-0.2, -0.15) is 5.26 Å². The van der Waals surface area contributed by atoms with Crippen LogP contribution in [0.3, 0.4) is 0 Å². The fourth-order valence-electron chi connectivity index (χ4n) is 2.26. The Labute approximate surface area is 169 Å². The number of fused-ring (bicyclic) bond motifs is 1. The number of aromatic nitrogens is 1. The van der Waals surface area contributed by atoms with Crippen molar-refractivity contribution in [2.45, 2.75) is 33.3 Å². The molecule has 8 heteroatoms. The van der Waals surface area contributed by atoms with E-state index in [1.807, 2.05) is 31.5 Å². The zero-order chi connectivity index (χ0) is 20.6. The second-order valence-corrected chi connectivity index (χ2v) is 7.43. The molecule has 4 N–H and O–H groups in total. The van der Waals surface area contributed by atoms with Crippen LogP contribution in [-0.2, 0) is 7.05 Å². The van der Waals surface area contributed by atoms with Crippen molar-refractivity contribution in [3.63, 3.8) is 0 Å². The highest BCUT2D eigenvalue weighted by atomic mass is 35.5. The largest absolute Gasteiger partial charge is 0.404 e. The van der Waals surface area contributed by atoms with E-state index in [1.54, 1.807) is 32.3 Å². The van der Waals surface area contributed by atoms with E-state index in [0.29, 0.717) is 20.9 Å². The summed E-state index contributed by atoms with van der Waals surface area (Å²) in [6.07, 6.45) is 4.79. The SMILES string of the molecule is CC.Cn1cc(C#N)c2c(Cl)ccc(NS/C(C=NCC(C)(C)O)=C/N)c21. The number of nitrogens with zero attached hydrogens (tertiary/aromatic N) is 3. The van der Waals surface area contributed by atoms with Crippen LogP contribution in [0.25, 0.3) is 10.9 Å². The van der Waals surface area contributed by atoms with Crippen LogP contribution in [0.5, 0.6) is 0 Å². The summed E-state index contributed by atoms with van der Waals surface area (Å²) in [5, 5.41) is 20.2. The van der Waals surface area contributed by atoms with Crippen molar-refractivity contribution in [1.82, 2.24) is 4.57 Å². The number of aliphatic hydroxyl groups is 1. The average Bonchev–Trinajstić information content (AvgIpc) is 2.98. The number of hydrogen-bond donors (Lipinski definition) is 3. The summed E-state index contributed by atoms with van der Waals surface area (Å²) in [5.41, 5.74) is 6.93. The topological polar surface area (TPSA) is 99.4 Å². The number of aryl methyl sites for hydroxylation is 1. The number of nitriles is 1. The van der Waals surface area contributed by atoms with Crippen molar-refractivity contribution in [3.05, 3.63) is 40.0 Å². The number of aliphatic imine (C=N–C) groups is 1. The first-order valence-corrected chi connectivity index (χ1v) is 9.71. The van der Waals surface area contributed by atoms with Crippen LogP contribution >= 0.6 is 23.5 Å². The fraction of sp³-hybridized carbons (Fsp3) is 0.368. The number of benzene rings is 1. The Balaban J connectivity index is 0.00000176. The molecule has 0 fully saturated rings. The van der Waals surface area contributed by atoms with Gasteiger partial charge in [-0.05, 0) is 37.9 Å². The molecule has 2 rings (SSSR count). The van der Waals surface area contributed by atoms with Crippen LogP contribution in [0, 0.1) is 11.3 Å². The lowest BCUT2D eigenvalue weighted by atomic mass is 10.1. The molecule has 0 aliphatic rings. The quantitative estimate of drug-likeness (QED) is 0.485. The lowest BCUT2D eigenvalue weighted by molar-refractivity contribution is 0.0906. The standard InChI is InChI=1S/C17H20ClN5OS.C2H6/c1-17(2,24)10-21-8-12(7-20)25-22-14-5-4-13(18)15-11(6-19)9-23(3)16(14)15;1-2/h4-5,7-9,22,24H,10,20H2,1-3H3;1-2H3/b12-7+,21-8?;. The van der Waals surface area contributed by atoms with Crippen LogP contribution in [-0.4, -0.2) is 28.0 Å². The number of anilines is 1. The van der Waals surface area contributed by atoms with Crippen LogP contribution in [0.4, 0.5) is 5.69 Å². The van der Waals surface area contributed by atoms with E-state index in [2.05, 4.69) is 15.8 Å². The molecule has 0 amide bonds. The molecule has 0 aliphatic heterocycles. The zero-order valence-electron chi connectivity index (χ0n) is 16.2. The smallest absolute Gasteiger partial charge is 0.101 e. The van der Waals surface area contributed by atoms with Gasteiger partial charge in [0.25, 0.3) is 0 Å². The van der Waals surface area contributed by atoms with Crippen molar-refractivity contribution in [2.24, 2.45) is 17.8 Å². The summed E-state index contributed by atoms with van der Waals surface area (Å²) in [5.74, 6) is 0. The molecule has 0 aliphatic carbocycles. The summed E-state index contributed by atoms with van der Waals surface area (Å²) >= 11 is 7.54. The van der Waals surface area contributed by atoms with Gasteiger partial charge in [-0.1, -0.05) is 25.4 Å². The van der Waals surface area contributed by atoms with Crippen molar-refractivity contribution in [1.29, 1.82) is 5.26 Å². The van der Waals surface area contributed by atoms with Gasteiger partial charge < -0.3 is 20.1 Å². The van der Waals surface area contributed by atoms with Crippen LogP contribution in [0.15, 0.2) is 34.4 Å². The number of hydrogen-bond acceptors (Lipinski definition) is 6. The van der Waals surface area contributed by atoms with Crippen molar-refractivity contribution in [2.75, 3.05) is 11.3 Å². The summed E-state index contributed by atoms with van der Waals surface area (Å²) in [6.45, 7) is 7.65. The molecule has 146 valence electrons. The molecule has 0 saturated heterocycles. The van der Waals surface area contributed by atoms with Crippen LogP contribution in [0.2, 0.25) is 5.02 Å². The maximum Gasteiger partial charge on any atom is 0.101 e. The van der Waals surface area contributed by atoms with E-state index >= 15 is 0 Å². The molecule has 2 aromatic rings. The molecule has 0 radical (unpaired) electrons. The molecule has 6 nitrogen and oxygen atoms in total. The first kappa shape index (κ1) is 22.9. The Kier molecular flexibility index (Phi) is 8.70. The monoisotopic (exact) mass is 407 g/mol. The predicted molar refractivity (Wildman–Crippen MR) is 117 cm³/mol. The van der Waals surface area contributed by atoms with Gasteiger partial charge >= 0.3 is 0 Å². The van der Waals surface area contributed by atoms with Gasteiger partial charge in [-0.15, -0.1) is 0 Å². The highest BCUT2D eigenvalue weighted by Crippen LogP contribution is 2.35. The number of allylic oxidation sites excluding steroid dienone is 1. The van der Waals surface area contributed by atoms with Gasteiger partial charge in [-0.3, -0.25) is 4.99 Å². The molecule has 27 heavy (non-hydrogen) atoms. The molecular formula is C19H26ClN5OS. The Morgan fingerprint density at radius 1 is 1.48 bits per heavy atom. The van der Waals surface area contributed by atoms with E-state index in [1.165, 1.54) is 18.1 Å². The molecule has 1 heterocycles. The van der Waals surface area contributed by atoms with Crippen molar-refractivity contribution < 1.29 is 5.11 Å². The van der Waals surface area contributed by atoms with Gasteiger partial charge in [0.1, 0.15) is 6.07 Å². The third kappa shape index (κ3) is 6.21. The van der Waals surface area contributed by atoms with E-state index in [9.17, 15) is 10.4 Å². The summed E-state index contributed by atoms with van der Waals surface area (Å²) < 4.78 is 5.08. The second-order valence-electron chi connectivity index (χ2n) is 6.14. The van der Waals surface area contributed by atoms with Gasteiger partial charge in [0.2, 0.25) is 0 Å². The average molecular weight is 408 g/mol. The van der Waals surface area contributed by atoms with Gasteiger partial charge in [0.05, 0.1) is 38.8 Å². The highest BCUT2D eigenvalue weighted by molar-refractivity contribution is 8.05. The molecule has 0 spiro atoms. The number of rotatable bonds is 6. The van der Waals surface area contributed by atoms with Crippen LogP contribution in [0.1, 0.15) is 33.3 Å². The highest BCUT2D eigenvalue weighted by Gasteiger charge is 2.14. The Morgan fingerprint density at radius 2 is 2.15 bits per heavy atom. The number of halogens is 1. The first-order valence-electron chi connectivity index (χ1n) is 8.51. The Morgan fingerprint density at radius 3 is 2.70 bits per heavy atom. The normalized spacial score (nSPS) is 12.0. The number of nitrogens with one attached hydrogen (secondary N) is 1. The third-order valence-electron chi connectivity index (χ3n) is 3.33. The minimum absolute atomic E-state index is 0.277.